The number of rotatable bonds is 5. The number of hydrogen-bond acceptors (Lipinski definition) is 4. The Morgan fingerprint density at radius 1 is 1.24 bits per heavy atom. The standard InChI is InChI=1S/C20H29NO4/c1-13-8-10-20(11-9-13,19(23)25-5)21-18(22)15(3)16-7-6-14(2)12-17(16)24-4/h6-7,12-13,15H,8-11H2,1-5H3,(H,21,22). The Balaban J connectivity index is 2.22. The normalized spacial score (nSPS) is 24.3. The van der Waals surface area contributed by atoms with Crippen molar-refractivity contribution in [2.75, 3.05) is 14.2 Å². The summed E-state index contributed by atoms with van der Waals surface area (Å²) in [6, 6.07) is 5.78. The molecule has 1 atom stereocenters. The lowest BCUT2D eigenvalue weighted by molar-refractivity contribution is -0.153. The summed E-state index contributed by atoms with van der Waals surface area (Å²) in [6.45, 7) is 5.98. The molecule has 1 saturated carbocycles. The third kappa shape index (κ3) is 4.14. The zero-order chi connectivity index (χ0) is 18.6. The van der Waals surface area contributed by atoms with Gasteiger partial charge < -0.3 is 14.8 Å². The van der Waals surface area contributed by atoms with Gasteiger partial charge in [0.15, 0.2) is 0 Å². The van der Waals surface area contributed by atoms with Crippen LogP contribution >= 0.6 is 0 Å². The SMILES string of the molecule is COC(=O)C1(NC(=O)C(C)c2ccc(C)cc2OC)CCC(C)CC1. The van der Waals surface area contributed by atoms with E-state index in [1.165, 1.54) is 7.11 Å². The van der Waals surface area contributed by atoms with Crippen molar-refractivity contribution in [3.05, 3.63) is 29.3 Å². The molecule has 0 bridgehead atoms. The molecule has 0 spiro atoms. The van der Waals surface area contributed by atoms with Gasteiger partial charge in [-0.2, -0.15) is 0 Å². The molecule has 5 nitrogen and oxygen atoms in total. The molecular formula is C20H29NO4. The van der Waals surface area contributed by atoms with Crippen LogP contribution in [0, 0.1) is 12.8 Å². The van der Waals surface area contributed by atoms with Crippen LogP contribution in [-0.2, 0) is 14.3 Å². The predicted octanol–water partition coefficient (Wildman–Crippen LogP) is 3.35. The topological polar surface area (TPSA) is 64.6 Å². The van der Waals surface area contributed by atoms with Crippen molar-refractivity contribution in [2.24, 2.45) is 5.92 Å². The Bertz CT molecular complexity index is 633. The minimum Gasteiger partial charge on any atom is -0.496 e. The maximum Gasteiger partial charge on any atom is 0.331 e. The maximum absolute atomic E-state index is 12.9. The molecule has 0 aliphatic heterocycles. The zero-order valence-corrected chi connectivity index (χ0v) is 15.8. The number of aryl methyl sites for hydroxylation is 1. The van der Waals surface area contributed by atoms with Crippen molar-refractivity contribution in [1.82, 2.24) is 5.32 Å². The van der Waals surface area contributed by atoms with Crippen molar-refractivity contribution < 1.29 is 19.1 Å². The Labute approximate surface area is 150 Å². The Hall–Kier alpha value is -2.04. The van der Waals surface area contributed by atoms with E-state index < -0.39 is 11.5 Å². The number of carbonyl (C=O) groups is 2. The highest BCUT2D eigenvalue weighted by atomic mass is 16.5. The molecule has 0 saturated heterocycles. The molecule has 1 N–H and O–H groups in total. The second-order valence-corrected chi connectivity index (χ2v) is 7.21. The zero-order valence-electron chi connectivity index (χ0n) is 15.8. The highest BCUT2D eigenvalue weighted by Crippen LogP contribution is 2.34. The minimum atomic E-state index is -0.912. The summed E-state index contributed by atoms with van der Waals surface area (Å²) in [5, 5.41) is 3.00. The number of amides is 1. The Kier molecular flexibility index (Phi) is 6.09. The first-order valence-electron chi connectivity index (χ1n) is 8.88. The number of esters is 1. The van der Waals surface area contributed by atoms with Crippen LogP contribution in [0.4, 0.5) is 0 Å². The number of nitrogens with one attached hydrogen (secondary N) is 1. The maximum atomic E-state index is 12.9. The fraction of sp³-hybridized carbons (Fsp3) is 0.600. The fourth-order valence-electron chi connectivity index (χ4n) is 3.49. The highest BCUT2D eigenvalue weighted by molar-refractivity contribution is 5.91. The van der Waals surface area contributed by atoms with Gasteiger partial charge in [0.05, 0.1) is 20.1 Å². The summed E-state index contributed by atoms with van der Waals surface area (Å²) in [5.74, 6) is 0.297. The van der Waals surface area contributed by atoms with Gasteiger partial charge in [-0.1, -0.05) is 19.1 Å². The largest absolute Gasteiger partial charge is 0.496 e. The summed E-state index contributed by atoms with van der Waals surface area (Å²) in [4.78, 5) is 25.3. The van der Waals surface area contributed by atoms with Gasteiger partial charge in [-0.3, -0.25) is 4.79 Å². The van der Waals surface area contributed by atoms with Crippen LogP contribution in [0.2, 0.25) is 0 Å². The first-order chi connectivity index (χ1) is 11.8. The van der Waals surface area contributed by atoms with E-state index in [2.05, 4.69) is 12.2 Å². The molecule has 1 aromatic rings. The number of benzene rings is 1. The third-order valence-corrected chi connectivity index (χ3v) is 5.32. The quantitative estimate of drug-likeness (QED) is 0.830. The van der Waals surface area contributed by atoms with Gasteiger partial charge in [0, 0.05) is 5.56 Å². The average molecular weight is 347 g/mol. The summed E-state index contributed by atoms with van der Waals surface area (Å²) in [7, 11) is 2.97. The van der Waals surface area contributed by atoms with Gasteiger partial charge in [0.25, 0.3) is 0 Å². The number of hydrogen-bond donors (Lipinski definition) is 1. The Morgan fingerprint density at radius 2 is 1.88 bits per heavy atom. The van der Waals surface area contributed by atoms with Gasteiger partial charge in [-0.15, -0.1) is 0 Å². The molecule has 1 amide bonds. The second-order valence-electron chi connectivity index (χ2n) is 7.21. The van der Waals surface area contributed by atoms with E-state index in [-0.39, 0.29) is 11.9 Å². The summed E-state index contributed by atoms with van der Waals surface area (Å²) >= 11 is 0. The van der Waals surface area contributed by atoms with E-state index in [9.17, 15) is 9.59 Å². The molecule has 138 valence electrons. The summed E-state index contributed by atoms with van der Waals surface area (Å²) in [5.41, 5.74) is 0.972. The third-order valence-electron chi connectivity index (χ3n) is 5.32. The number of ether oxygens (including phenoxy) is 2. The molecule has 0 radical (unpaired) electrons. The van der Waals surface area contributed by atoms with Crippen LogP contribution in [0.15, 0.2) is 18.2 Å². The monoisotopic (exact) mass is 347 g/mol. The first kappa shape index (κ1) is 19.3. The van der Waals surface area contributed by atoms with E-state index in [0.717, 1.165) is 24.0 Å². The molecule has 25 heavy (non-hydrogen) atoms. The summed E-state index contributed by atoms with van der Waals surface area (Å²) < 4.78 is 10.4. The molecule has 1 aliphatic rings. The molecule has 1 unspecified atom stereocenters. The van der Waals surface area contributed by atoms with Crippen LogP contribution in [-0.4, -0.2) is 31.6 Å². The lowest BCUT2D eigenvalue weighted by atomic mass is 9.76. The van der Waals surface area contributed by atoms with Crippen molar-refractivity contribution in [3.8, 4) is 5.75 Å². The highest BCUT2D eigenvalue weighted by Gasteiger charge is 2.44. The van der Waals surface area contributed by atoms with Gasteiger partial charge in [-0.05, 0) is 57.1 Å². The van der Waals surface area contributed by atoms with Gasteiger partial charge in [-0.25, -0.2) is 4.79 Å². The second kappa shape index (κ2) is 7.89. The van der Waals surface area contributed by atoms with Gasteiger partial charge >= 0.3 is 5.97 Å². The molecule has 1 fully saturated rings. The van der Waals surface area contributed by atoms with Crippen molar-refractivity contribution in [2.45, 2.75) is 57.9 Å². The van der Waals surface area contributed by atoms with Crippen LogP contribution in [0.5, 0.6) is 5.75 Å². The van der Waals surface area contributed by atoms with Crippen LogP contribution < -0.4 is 10.1 Å². The van der Waals surface area contributed by atoms with Crippen LogP contribution in [0.25, 0.3) is 0 Å². The van der Waals surface area contributed by atoms with E-state index in [1.54, 1.807) is 7.11 Å². The molecule has 0 aromatic heterocycles. The lowest BCUT2D eigenvalue weighted by Crippen LogP contribution is -2.57. The number of methoxy groups -OCH3 is 2. The molecule has 1 aliphatic carbocycles. The molecular weight excluding hydrogens is 318 g/mol. The van der Waals surface area contributed by atoms with Gasteiger partial charge in [0.1, 0.15) is 11.3 Å². The first-order valence-corrected chi connectivity index (χ1v) is 8.88. The fourth-order valence-corrected chi connectivity index (χ4v) is 3.49. The molecule has 0 heterocycles. The van der Waals surface area contributed by atoms with Crippen molar-refractivity contribution >= 4 is 11.9 Å². The van der Waals surface area contributed by atoms with Gasteiger partial charge in [0.2, 0.25) is 5.91 Å². The number of carbonyl (C=O) groups excluding carboxylic acids is 2. The van der Waals surface area contributed by atoms with E-state index in [1.807, 2.05) is 32.0 Å². The predicted molar refractivity (Wildman–Crippen MR) is 96.7 cm³/mol. The van der Waals surface area contributed by atoms with E-state index >= 15 is 0 Å². The molecule has 1 aromatic carbocycles. The molecule has 5 heteroatoms. The van der Waals surface area contributed by atoms with E-state index in [4.69, 9.17) is 9.47 Å². The smallest absolute Gasteiger partial charge is 0.331 e. The average Bonchev–Trinajstić information content (AvgIpc) is 2.62. The lowest BCUT2D eigenvalue weighted by Gasteiger charge is -2.38. The van der Waals surface area contributed by atoms with E-state index in [0.29, 0.717) is 24.5 Å². The van der Waals surface area contributed by atoms with Crippen molar-refractivity contribution in [1.29, 1.82) is 0 Å². The van der Waals surface area contributed by atoms with Crippen molar-refractivity contribution in [3.63, 3.8) is 0 Å². The summed E-state index contributed by atoms with van der Waals surface area (Å²) in [6.07, 6.45) is 3.03. The minimum absolute atomic E-state index is 0.179. The van der Waals surface area contributed by atoms with Crippen LogP contribution in [0.3, 0.4) is 0 Å². The Morgan fingerprint density at radius 3 is 2.44 bits per heavy atom. The van der Waals surface area contributed by atoms with Crippen LogP contribution in [0.1, 0.15) is 56.6 Å². The molecule has 2 rings (SSSR count).